The zero-order valence-electron chi connectivity index (χ0n) is 10.0. The second-order valence-electron chi connectivity index (χ2n) is 4.10. The SMILES string of the molecule is COc1cccc(F)c1C(=O)N1CCCC1C#N. The summed E-state index contributed by atoms with van der Waals surface area (Å²) in [5.74, 6) is -0.902. The van der Waals surface area contributed by atoms with Crippen LogP contribution < -0.4 is 4.74 Å². The highest BCUT2D eigenvalue weighted by Crippen LogP contribution is 2.26. The van der Waals surface area contributed by atoms with Crippen molar-refractivity contribution in [2.75, 3.05) is 13.7 Å². The normalized spacial score (nSPS) is 18.5. The summed E-state index contributed by atoms with van der Waals surface area (Å²) in [7, 11) is 1.39. The molecule has 1 aromatic rings. The third-order valence-electron chi connectivity index (χ3n) is 3.07. The fourth-order valence-electron chi connectivity index (χ4n) is 2.17. The van der Waals surface area contributed by atoms with Crippen LogP contribution in [0.3, 0.4) is 0 Å². The van der Waals surface area contributed by atoms with Gasteiger partial charge in [0.05, 0.1) is 13.2 Å². The Kier molecular flexibility index (Phi) is 3.47. The number of hydrogen-bond donors (Lipinski definition) is 0. The lowest BCUT2D eigenvalue weighted by Gasteiger charge is -2.20. The molecule has 1 atom stereocenters. The van der Waals surface area contributed by atoms with Gasteiger partial charge in [0.1, 0.15) is 23.2 Å². The van der Waals surface area contributed by atoms with Crippen molar-refractivity contribution in [1.82, 2.24) is 4.90 Å². The van der Waals surface area contributed by atoms with Crippen molar-refractivity contribution in [1.29, 1.82) is 5.26 Å². The Bertz CT molecular complexity index is 510. The molecule has 18 heavy (non-hydrogen) atoms. The monoisotopic (exact) mass is 248 g/mol. The molecule has 1 aliphatic heterocycles. The van der Waals surface area contributed by atoms with E-state index >= 15 is 0 Å². The summed E-state index contributed by atoms with van der Waals surface area (Å²) in [5.41, 5.74) is -0.0952. The predicted octanol–water partition coefficient (Wildman–Crippen LogP) is 1.96. The number of ether oxygens (including phenoxy) is 1. The first-order valence-corrected chi connectivity index (χ1v) is 5.72. The molecule has 5 heteroatoms. The molecule has 2 rings (SSSR count). The van der Waals surface area contributed by atoms with E-state index in [-0.39, 0.29) is 11.3 Å². The van der Waals surface area contributed by atoms with Gasteiger partial charge in [0.2, 0.25) is 0 Å². The molecule has 1 aliphatic rings. The molecule has 0 aliphatic carbocycles. The average molecular weight is 248 g/mol. The lowest BCUT2D eigenvalue weighted by molar-refractivity contribution is 0.0756. The van der Waals surface area contributed by atoms with E-state index in [4.69, 9.17) is 10.00 Å². The summed E-state index contributed by atoms with van der Waals surface area (Å²) < 4.78 is 18.8. The van der Waals surface area contributed by atoms with Gasteiger partial charge in [-0.1, -0.05) is 6.07 Å². The lowest BCUT2D eigenvalue weighted by Crippen LogP contribution is -2.35. The van der Waals surface area contributed by atoms with Gasteiger partial charge in [-0.05, 0) is 25.0 Å². The number of benzene rings is 1. The molecule has 0 aromatic heterocycles. The number of nitriles is 1. The Balaban J connectivity index is 2.37. The third-order valence-corrected chi connectivity index (χ3v) is 3.07. The largest absolute Gasteiger partial charge is 0.496 e. The van der Waals surface area contributed by atoms with Gasteiger partial charge in [0.25, 0.3) is 5.91 Å². The standard InChI is InChI=1S/C13H13FN2O2/c1-18-11-6-2-5-10(14)12(11)13(17)16-7-3-4-9(16)8-15/h2,5-6,9H,3-4,7H2,1H3. The summed E-state index contributed by atoms with van der Waals surface area (Å²) in [4.78, 5) is 13.7. The number of rotatable bonds is 2. The maximum absolute atomic E-state index is 13.8. The number of halogens is 1. The van der Waals surface area contributed by atoms with Crippen LogP contribution in [0, 0.1) is 17.1 Å². The molecule has 0 N–H and O–H groups in total. The summed E-state index contributed by atoms with van der Waals surface area (Å²) in [6, 6.07) is 5.83. The van der Waals surface area contributed by atoms with Crippen LogP contribution in [0.4, 0.5) is 4.39 Å². The van der Waals surface area contributed by atoms with Crippen LogP contribution in [0.5, 0.6) is 5.75 Å². The minimum atomic E-state index is -0.622. The molecule has 1 amide bonds. The number of likely N-dealkylation sites (tertiary alicyclic amines) is 1. The van der Waals surface area contributed by atoms with E-state index in [9.17, 15) is 9.18 Å². The van der Waals surface area contributed by atoms with Gasteiger partial charge >= 0.3 is 0 Å². The average Bonchev–Trinajstić information content (AvgIpc) is 2.85. The van der Waals surface area contributed by atoms with E-state index in [0.29, 0.717) is 13.0 Å². The minimum absolute atomic E-state index is 0.0952. The molecule has 1 saturated heterocycles. The molecule has 94 valence electrons. The van der Waals surface area contributed by atoms with Crippen LogP contribution >= 0.6 is 0 Å². The minimum Gasteiger partial charge on any atom is -0.496 e. The quantitative estimate of drug-likeness (QED) is 0.804. The van der Waals surface area contributed by atoms with Crippen LogP contribution in [-0.2, 0) is 0 Å². The van der Waals surface area contributed by atoms with Gasteiger partial charge in [-0.2, -0.15) is 5.26 Å². The Morgan fingerprint density at radius 1 is 1.61 bits per heavy atom. The van der Waals surface area contributed by atoms with Crippen molar-refractivity contribution in [2.24, 2.45) is 0 Å². The third kappa shape index (κ3) is 2.02. The fraction of sp³-hybridized carbons (Fsp3) is 0.385. The molecule has 0 bridgehead atoms. The second-order valence-corrected chi connectivity index (χ2v) is 4.10. The van der Waals surface area contributed by atoms with E-state index in [2.05, 4.69) is 6.07 Å². The first-order chi connectivity index (χ1) is 8.69. The van der Waals surface area contributed by atoms with Gasteiger partial charge in [-0.3, -0.25) is 4.79 Å². The molecule has 4 nitrogen and oxygen atoms in total. The highest BCUT2D eigenvalue weighted by molar-refractivity contribution is 5.97. The summed E-state index contributed by atoms with van der Waals surface area (Å²) in [5, 5.41) is 8.96. The van der Waals surface area contributed by atoms with Gasteiger partial charge in [0.15, 0.2) is 0 Å². The van der Waals surface area contributed by atoms with E-state index in [1.807, 2.05) is 0 Å². The molecule has 1 unspecified atom stereocenters. The first-order valence-electron chi connectivity index (χ1n) is 5.72. The molecule has 0 radical (unpaired) electrons. The lowest BCUT2D eigenvalue weighted by atomic mass is 10.1. The van der Waals surface area contributed by atoms with Crippen molar-refractivity contribution in [3.05, 3.63) is 29.6 Å². The van der Waals surface area contributed by atoms with E-state index in [0.717, 1.165) is 6.42 Å². The number of carbonyl (C=O) groups excluding carboxylic acids is 1. The Morgan fingerprint density at radius 3 is 3.06 bits per heavy atom. The number of nitrogens with zero attached hydrogens (tertiary/aromatic N) is 2. The van der Waals surface area contributed by atoms with Crippen molar-refractivity contribution in [2.45, 2.75) is 18.9 Å². The van der Waals surface area contributed by atoms with Crippen LogP contribution in [0.25, 0.3) is 0 Å². The fourth-order valence-corrected chi connectivity index (χ4v) is 2.17. The van der Waals surface area contributed by atoms with Gasteiger partial charge in [0, 0.05) is 6.54 Å². The van der Waals surface area contributed by atoms with Crippen LogP contribution in [0.1, 0.15) is 23.2 Å². The highest BCUT2D eigenvalue weighted by atomic mass is 19.1. The van der Waals surface area contributed by atoms with Crippen LogP contribution in [-0.4, -0.2) is 30.5 Å². The smallest absolute Gasteiger partial charge is 0.261 e. The topological polar surface area (TPSA) is 53.3 Å². The Morgan fingerprint density at radius 2 is 2.39 bits per heavy atom. The Hall–Kier alpha value is -2.09. The van der Waals surface area contributed by atoms with Crippen molar-refractivity contribution in [3.8, 4) is 11.8 Å². The van der Waals surface area contributed by atoms with Crippen molar-refractivity contribution >= 4 is 5.91 Å². The molecular formula is C13H13FN2O2. The second kappa shape index (κ2) is 5.05. The zero-order valence-corrected chi connectivity index (χ0v) is 10.0. The molecule has 1 fully saturated rings. The Labute approximate surface area is 105 Å². The number of methoxy groups -OCH3 is 1. The first kappa shape index (κ1) is 12.4. The predicted molar refractivity (Wildman–Crippen MR) is 62.6 cm³/mol. The molecular weight excluding hydrogens is 235 g/mol. The van der Waals surface area contributed by atoms with Gasteiger partial charge in [-0.15, -0.1) is 0 Å². The summed E-state index contributed by atoms with van der Waals surface area (Å²) in [6.07, 6.45) is 1.40. The van der Waals surface area contributed by atoms with Crippen LogP contribution in [0.2, 0.25) is 0 Å². The number of hydrogen-bond acceptors (Lipinski definition) is 3. The maximum Gasteiger partial charge on any atom is 0.261 e. The van der Waals surface area contributed by atoms with E-state index < -0.39 is 17.8 Å². The highest BCUT2D eigenvalue weighted by Gasteiger charge is 2.32. The molecule has 0 spiro atoms. The van der Waals surface area contributed by atoms with Gasteiger partial charge in [-0.25, -0.2) is 4.39 Å². The van der Waals surface area contributed by atoms with Crippen LogP contribution in [0.15, 0.2) is 18.2 Å². The number of carbonyl (C=O) groups is 1. The zero-order chi connectivity index (χ0) is 13.1. The molecule has 0 saturated carbocycles. The van der Waals surface area contributed by atoms with E-state index in [1.54, 1.807) is 0 Å². The maximum atomic E-state index is 13.8. The number of amides is 1. The van der Waals surface area contributed by atoms with E-state index in [1.165, 1.54) is 30.2 Å². The molecule has 1 aromatic carbocycles. The summed E-state index contributed by atoms with van der Waals surface area (Å²) in [6.45, 7) is 0.481. The van der Waals surface area contributed by atoms with Crippen molar-refractivity contribution < 1.29 is 13.9 Å². The van der Waals surface area contributed by atoms with Crippen molar-refractivity contribution in [3.63, 3.8) is 0 Å². The molecule has 1 heterocycles. The summed E-state index contributed by atoms with van der Waals surface area (Å²) >= 11 is 0. The van der Waals surface area contributed by atoms with Gasteiger partial charge < -0.3 is 9.64 Å².